The number of rotatable bonds is 5. The number of benzene rings is 1. The van der Waals surface area contributed by atoms with Crippen molar-refractivity contribution in [2.24, 2.45) is 0 Å². The highest BCUT2D eigenvalue weighted by Gasteiger charge is 2.47. The number of piperidine rings is 1. The zero-order valence-electron chi connectivity index (χ0n) is 15.2. The van der Waals surface area contributed by atoms with Crippen LogP contribution in [-0.2, 0) is 9.59 Å². The molecule has 2 N–H and O–H groups in total. The molecule has 142 valence electrons. The van der Waals surface area contributed by atoms with Gasteiger partial charge in [0, 0.05) is 32.2 Å². The molecule has 0 aliphatic carbocycles. The first kappa shape index (κ1) is 18.7. The molecule has 3 rings (SSSR count). The van der Waals surface area contributed by atoms with Crippen molar-refractivity contribution in [2.75, 3.05) is 39.3 Å². The lowest BCUT2D eigenvalue weighted by Crippen LogP contribution is -2.61. The molecule has 2 heterocycles. The van der Waals surface area contributed by atoms with E-state index in [9.17, 15) is 14.7 Å². The van der Waals surface area contributed by atoms with Gasteiger partial charge < -0.3 is 20.1 Å². The lowest BCUT2D eigenvalue weighted by atomic mass is 10.0. The van der Waals surface area contributed by atoms with Crippen molar-refractivity contribution >= 4 is 11.9 Å². The van der Waals surface area contributed by atoms with Crippen molar-refractivity contribution < 1.29 is 19.4 Å². The van der Waals surface area contributed by atoms with E-state index >= 15 is 0 Å². The van der Waals surface area contributed by atoms with E-state index in [4.69, 9.17) is 4.74 Å². The molecular formula is C19H27N3O4. The second-order valence-electron chi connectivity index (χ2n) is 7.06. The molecular weight excluding hydrogens is 334 g/mol. The van der Waals surface area contributed by atoms with Crippen LogP contribution < -0.4 is 10.1 Å². The molecule has 0 spiro atoms. The minimum atomic E-state index is -1.92. The molecule has 7 heteroatoms. The maximum atomic E-state index is 12.9. The summed E-state index contributed by atoms with van der Waals surface area (Å²) in [7, 11) is 0. The van der Waals surface area contributed by atoms with Gasteiger partial charge in [0.05, 0.1) is 0 Å². The van der Waals surface area contributed by atoms with Crippen molar-refractivity contribution in [3.63, 3.8) is 0 Å². The first-order chi connectivity index (χ1) is 12.5. The summed E-state index contributed by atoms with van der Waals surface area (Å²) < 4.78 is 5.61. The van der Waals surface area contributed by atoms with Gasteiger partial charge in [-0.25, -0.2) is 4.79 Å². The Kier molecular flexibility index (Phi) is 5.78. The Morgan fingerprint density at radius 2 is 1.73 bits per heavy atom. The summed E-state index contributed by atoms with van der Waals surface area (Å²) in [5.41, 5.74) is -1.92. The summed E-state index contributed by atoms with van der Waals surface area (Å²) in [6, 6.07) is 9.18. The van der Waals surface area contributed by atoms with Crippen molar-refractivity contribution in [3.8, 4) is 5.75 Å². The lowest BCUT2D eigenvalue weighted by Gasteiger charge is -2.42. The standard InChI is InChI=1S/C19H27N3O4/c1-19(18(24)25,26-16-5-3-2-4-6-16)17(23)22-13-11-21(12-14-22)15-7-9-20-10-8-15/h2-6,15,20H,7-14H2,1H3,(H,24,25). The fraction of sp³-hybridized carbons (Fsp3) is 0.579. The molecule has 2 saturated heterocycles. The Balaban J connectivity index is 1.64. The molecule has 2 aliphatic rings. The summed E-state index contributed by atoms with van der Waals surface area (Å²) in [5, 5.41) is 13.0. The molecule has 7 nitrogen and oxygen atoms in total. The Bertz CT molecular complexity index is 625. The van der Waals surface area contributed by atoms with Gasteiger partial charge in [-0.15, -0.1) is 0 Å². The maximum absolute atomic E-state index is 12.9. The van der Waals surface area contributed by atoms with Crippen molar-refractivity contribution in [2.45, 2.75) is 31.4 Å². The number of para-hydroxylation sites is 1. The topological polar surface area (TPSA) is 82.1 Å². The number of hydrogen-bond acceptors (Lipinski definition) is 5. The van der Waals surface area contributed by atoms with Gasteiger partial charge in [0.2, 0.25) is 0 Å². The van der Waals surface area contributed by atoms with Gasteiger partial charge in [-0.1, -0.05) is 18.2 Å². The van der Waals surface area contributed by atoms with E-state index < -0.39 is 17.5 Å². The highest BCUT2D eigenvalue weighted by Crippen LogP contribution is 2.22. The van der Waals surface area contributed by atoms with Crippen LogP contribution in [0, 0.1) is 0 Å². The number of nitrogens with zero attached hydrogens (tertiary/aromatic N) is 2. The number of carbonyl (C=O) groups is 2. The minimum absolute atomic E-state index is 0.374. The zero-order valence-corrected chi connectivity index (χ0v) is 15.2. The average molecular weight is 361 g/mol. The van der Waals surface area contributed by atoms with Gasteiger partial charge in [0.15, 0.2) is 0 Å². The normalized spacial score (nSPS) is 21.8. The van der Waals surface area contributed by atoms with Crippen LogP contribution in [0.15, 0.2) is 30.3 Å². The van der Waals surface area contributed by atoms with Gasteiger partial charge in [0.25, 0.3) is 11.5 Å². The Labute approximate surface area is 153 Å². The number of carboxylic acids is 1. The molecule has 1 aromatic rings. The van der Waals surface area contributed by atoms with Gasteiger partial charge >= 0.3 is 5.97 Å². The molecule has 26 heavy (non-hydrogen) atoms. The van der Waals surface area contributed by atoms with Gasteiger partial charge in [0.1, 0.15) is 5.75 Å². The predicted molar refractivity (Wildman–Crippen MR) is 97.2 cm³/mol. The highest BCUT2D eigenvalue weighted by molar-refractivity contribution is 6.05. The van der Waals surface area contributed by atoms with Crippen LogP contribution in [-0.4, -0.2) is 77.7 Å². The molecule has 0 bridgehead atoms. The Morgan fingerprint density at radius 1 is 1.12 bits per heavy atom. The number of carbonyl (C=O) groups excluding carboxylic acids is 1. The minimum Gasteiger partial charge on any atom is -0.478 e. The van der Waals surface area contributed by atoms with E-state index in [1.54, 1.807) is 29.2 Å². The summed E-state index contributed by atoms with van der Waals surface area (Å²) >= 11 is 0. The monoisotopic (exact) mass is 361 g/mol. The fourth-order valence-electron chi connectivity index (χ4n) is 3.67. The van der Waals surface area contributed by atoms with Gasteiger partial charge in [-0.2, -0.15) is 0 Å². The second kappa shape index (κ2) is 8.05. The van der Waals surface area contributed by atoms with E-state index in [0.29, 0.717) is 24.9 Å². The van der Waals surface area contributed by atoms with Crippen LogP contribution in [0.25, 0.3) is 0 Å². The summed E-state index contributed by atoms with van der Waals surface area (Å²) in [5.74, 6) is -1.38. The summed E-state index contributed by atoms with van der Waals surface area (Å²) in [6.07, 6.45) is 2.25. The number of carboxylic acid groups (broad SMARTS) is 1. The van der Waals surface area contributed by atoms with E-state index in [1.165, 1.54) is 6.92 Å². The molecule has 1 atom stereocenters. The van der Waals surface area contributed by atoms with Crippen LogP contribution in [0.5, 0.6) is 5.75 Å². The fourth-order valence-corrected chi connectivity index (χ4v) is 3.67. The lowest BCUT2D eigenvalue weighted by molar-refractivity contribution is -0.167. The third-order valence-corrected chi connectivity index (χ3v) is 5.31. The van der Waals surface area contributed by atoms with Crippen LogP contribution in [0.3, 0.4) is 0 Å². The predicted octanol–water partition coefficient (Wildman–Crippen LogP) is 0.805. The van der Waals surface area contributed by atoms with Crippen LogP contribution >= 0.6 is 0 Å². The molecule has 1 aromatic carbocycles. The maximum Gasteiger partial charge on any atom is 0.357 e. The molecule has 0 radical (unpaired) electrons. The largest absolute Gasteiger partial charge is 0.478 e. The van der Waals surface area contributed by atoms with Crippen LogP contribution in [0.1, 0.15) is 19.8 Å². The molecule has 0 aromatic heterocycles. The molecule has 2 aliphatic heterocycles. The molecule has 1 amide bonds. The smallest absolute Gasteiger partial charge is 0.357 e. The van der Waals surface area contributed by atoms with Crippen LogP contribution in [0.2, 0.25) is 0 Å². The highest BCUT2D eigenvalue weighted by atomic mass is 16.5. The van der Waals surface area contributed by atoms with Crippen molar-refractivity contribution in [1.29, 1.82) is 0 Å². The number of aliphatic carboxylic acids is 1. The van der Waals surface area contributed by atoms with E-state index in [2.05, 4.69) is 10.2 Å². The van der Waals surface area contributed by atoms with Gasteiger partial charge in [-0.05, 0) is 45.0 Å². The first-order valence-electron chi connectivity index (χ1n) is 9.22. The zero-order chi connectivity index (χ0) is 18.6. The molecule has 0 saturated carbocycles. The third kappa shape index (κ3) is 3.99. The quantitative estimate of drug-likeness (QED) is 0.755. The third-order valence-electron chi connectivity index (χ3n) is 5.31. The van der Waals surface area contributed by atoms with Gasteiger partial charge in [-0.3, -0.25) is 9.69 Å². The Morgan fingerprint density at radius 3 is 2.31 bits per heavy atom. The van der Waals surface area contributed by atoms with E-state index in [-0.39, 0.29) is 0 Å². The van der Waals surface area contributed by atoms with E-state index in [0.717, 1.165) is 39.0 Å². The number of hydrogen-bond donors (Lipinski definition) is 2. The SMILES string of the molecule is CC(Oc1ccccc1)(C(=O)O)C(=O)N1CCN(C2CCNCC2)CC1. The van der Waals surface area contributed by atoms with Crippen molar-refractivity contribution in [1.82, 2.24) is 15.1 Å². The van der Waals surface area contributed by atoms with Crippen LogP contribution in [0.4, 0.5) is 0 Å². The summed E-state index contributed by atoms with van der Waals surface area (Å²) in [6.45, 7) is 6.02. The first-order valence-corrected chi connectivity index (χ1v) is 9.22. The average Bonchev–Trinajstić information content (AvgIpc) is 2.69. The number of ether oxygens (including phenoxy) is 1. The summed E-state index contributed by atoms with van der Waals surface area (Å²) in [4.78, 5) is 28.8. The number of amides is 1. The molecule has 1 unspecified atom stereocenters. The number of nitrogens with one attached hydrogen (secondary N) is 1. The van der Waals surface area contributed by atoms with Crippen molar-refractivity contribution in [3.05, 3.63) is 30.3 Å². The second-order valence-corrected chi connectivity index (χ2v) is 7.06. The molecule has 2 fully saturated rings. The number of piperazine rings is 1. The van der Waals surface area contributed by atoms with E-state index in [1.807, 2.05) is 6.07 Å². The Hall–Kier alpha value is -2.12.